The van der Waals surface area contributed by atoms with Gasteiger partial charge in [-0.05, 0) is 30.2 Å². The van der Waals surface area contributed by atoms with E-state index in [9.17, 15) is 4.79 Å². The van der Waals surface area contributed by atoms with E-state index < -0.39 is 0 Å². The van der Waals surface area contributed by atoms with Gasteiger partial charge in [-0.1, -0.05) is 41.4 Å². The molecular formula is C17H19N7O2. The van der Waals surface area contributed by atoms with Crippen LogP contribution in [0.2, 0.25) is 0 Å². The summed E-state index contributed by atoms with van der Waals surface area (Å²) in [5, 5.41) is 18.5. The van der Waals surface area contributed by atoms with Gasteiger partial charge in [-0.25, -0.2) is 4.68 Å². The fourth-order valence-corrected chi connectivity index (χ4v) is 3.04. The summed E-state index contributed by atoms with van der Waals surface area (Å²) in [6, 6.07) is 7.86. The highest BCUT2D eigenvalue weighted by molar-refractivity contribution is 5.82. The fourth-order valence-electron chi connectivity index (χ4n) is 3.04. The molecule has 0 fully saturated rings. The van der Waals surface area contributed by atoms with Crippen molar-refractivity contribution < 1.29 is 9.32 Å². The molecule has 0 spiro atoms. The summed E-state index contributed by atoms with van der Waals surface area (Å²) in [4.78, 5) is 16.9. The number of carbonyl (C=O) groups is 1. The third kappa shape index (κ3) is 3.32. The van der Waals surface area contributed by atoms with Crippen LogP contribution in [-0.2, 0) is 17.9 Å². The van der Waals surface area contributed by atoms with Crippen LogP contribution in [-0.4, -0.2) is 36.3 Å². The van der Waals surface area contributed by atoms with Gasteiger partial charge in [0.2, 0.25) is 17.6 Å². The zero-order valence-corrected chi connectivity index (χ0v) is 14.4. The second-order valence-electron chi connectivity index (χ2n) is 6.40. The molecule has 26 heavy (non-hydrogen) atoms. The lowest BCUT2D eigenvalue weighted by atomic mass is 10.0. The molecule has 0 radical (unpaired) electrons. The molecular weight excluding hydrogens is 334 g/mol. The number of nitrogens with one attached hydrogen (secondary N) is 1. The van der Waals surface area contributed by atoms with Crippen molar-refractivity contribution in [1.29, 1.82) is 0 Å². The number of carbonyl (C=O) groups excluding carboxylic acids is 1. The number of nitrogens with zero attached hydrogens (tertiary/aromatic N) is 6. The van der Waals surface area contributed by atoms with Crippen LogP contribution in [0.5, 0.6) is 0 Å². The van der Waals surface area contributed by atoms with Crippen molar-refractivity contribution in [2.24, 2.45) is 0 Å². The van der Waals surface area contributed by atoms with Crippen LogP contribution in [0.15, 0.2) is 28.8 Å². The lowest BCUT2D eigenvalue weighted by molar-refractivity contribution is -0.123. The van der Waals surface area contributed by atoms with Crippen LogP contribution in [0.25, 0.3) is 11.4 Å². The highest BCUT2D eigenvalue weighted by atomic mass is 16.5. The zero-order valence-electron chi connectivity index (χ0n) is 14.4. The van der Waals surface area contributed by atoms with Crippen LogP contribution in [0.1, 0.15) is 42.5 Å². The summed E-state index contributed by atoms with van der Waals surface area (Å²) >= 11 is 0. The second-order valence-corrected chi connectivity index (χ2v) is 6.40. The molecule has 0 bridgehead atoms. The number of hydrogen-bond acceptors (Lipinski definition) is 7. The number of amides is 1. The molecule has 0 aliphatic carbocycles. The Bertz CT molecular complexity index is 900. The molecule has 0 saturated carbocycles. The molecule has 1 aromatic carbocycles. The minimum atomic E-state index is -0.355. The lowest BCUT2D eigenvalue weighted by Crippen LogP contribution is -2.30. The van der Waals surface area contributed by atoms with Gasteiger partial charge in [0.15, 0.2) is 5.82 Å². The monoisotopic (exact) mass is 353 g/mol. The Morgan fingerprint density at radius 3 is 3.00 bits per heavy atom. The molecule has 1 amide bonds. The molecule has 1 N–H and O–H groups in total. The van der Waals surface area contributed by atoms with Gasteiger partial charge in [0.1, 0.15) is 0 Å². The van der Waals surface area contributed by atoms with Gasteiger partial charge in [-0.15, -0.1) is 5.10 Å². The SMILES string of the molecule is Cc1ccc(-c2noc(CNC(=O)[C@H]3CCCCn4nnnc43)n2)cc1. The van der Waals surface area contributed by atoms with E-state index in [2.05, 4.69) is 31.0 Å². The average Bonchev–Trinajstić information content (AvgIpc) is 3.26. The maximum atomic E-state index is 12.6. The molecule has 0 saturated heterocycles. The van der Waals surface area contributed by atoms with Crippen LogP contribution in [0.4, 0.5) is 0 Å². The van der Waals surface area contributed by atoms with Crippen LogP contribution in [0, 0.1) is 6.92 Å². The quantitative estimate of drug-likeness (QED) is 0.758. The summed E-state index contributed by atoms with van der Waals surface area (Å²) < 4.78 is 6.95. The van der Waals surface area contributed by atoms with E-state index >= 15 is 0 Å². The number of aromatic nitrogens is 6. The Labute approximate surface area is 149 Å². The predicted molar refractivity (Wildman–Crippen MR) is 90.7 cm³/mol. The first-order chi connectivity index (χ1) is 12.7. The van der Waals surface area contributed by atoms with Gasteiger partial charge < -0.3 is 9.84 Å². The molecule has 3 heterocycles. The van der Waals surface area contributed by atoms with Crippen molar-refractivity contribution in [3.05, 3.63) is 41.5 Å². The molecule has 9 heteroatoms. The Morgan fingerprint density at radius 2 is 2.15 bits per heavy atom. The first-order valence-electron chi connectivity index (χ1n) is 8.64. The van der Waals surface area contributed by atoms with E-state index in [1.54, 1.807) is 4.68 Å². The van der Waals surface area contributed by atoms with Crippen molar-refractivity contribution in [3.63, 3.8) is 0 Å². The van der Waals surface area contributed by atoms with E-state index in [0.29, 0.717) is 17.5 Å². The average molecular weight is 353 g/mol. The minimum Gasteiger partial charge on any atom is -0.346 e. The summed E-state index contributed by atoms with van der Waals surface area (Å²) in [5.74, 6) is 1.01. The molecule has 9 nitrogen and oxygen atoms in total. The smallest absolute Gasteiger partial charge is 0.246 e. The van der Waals surface area contributed by atoms with Gasteiger partial charge in [0, 0.05) is 12.1 Å². The third-order valence-corrected chi connectivity index (χ3v) is 4.49. The standard InChI is InChI=1S/C17H19N7O2/c1-11-5-7-12(8-6-11)15-19-14(26-21-15)10-18-17(25)13-4-2-3-9-24-16(13)20-22-23-24/h5-8,13H,2-4,9-10H2,1H3,(H,18,25)/t13-/m0/s1. The number of aryl methyl sites for hydroxylation is 2. The summed E-state index contributed by atoms with van der Waals surface area (Å²) in [6.45, 7) is 2.94. The molecule has 1 atom stereocenters. The normalized spacial score (nSPS) is 16.7. The van der Waals surface area contributed by atoms with Crippen molar-refractivity contribution in [3.8, 4) is 11.4 Å². The van der Waals surface area contributed by atoms with Crippen LogP contribution in [0.3, 0.4) is 0 Å². The van der Waals surface area contributed by atoms with E-state index in [1.807, 2.05) is 31.2 Å². The third-order valence-electron chi connectivity index (χ3n) is 4.49. The number of fused-ring (bicyclic) bond motifs is 1. The molecule has 4 rings (SSSR count). The molecule has 2 aromatic heterocycles. The van der Waals surface area contributed by atoms with Gasteiger partial charge in [0.05, 0.1) is 12.5 Å². The first kappa shape index (κ1) is 16.4. The number of benzene rings is 1. The maximum absolute atomic E-state index is 12.6. The van der Waals surface area contributed by atoms with Crippen molar-refractivity contribution in [2.45, 2.75) is 45.2 Å². The fraction of sp³-hybridized carbons (Fsp3) is 0.412. The van der Waals surface area contributed by atoms with E-state index in [4.69, 9.17) is 4.52 Å². The van der Waals surface area contributed by atoms with Gasteiger partial charge in [0.25, 0.3) is 0 Å². The predicted octanol–water partition coefficient (Wildman–Crippen LogP) is 1.62. The van der Waals surface area contributed by atoms with Gasteiger partial charge in [-0.2, -0.15) is 4.98 Å². The molecule has 3 aromatic rings. The number of hydrogen-bond donors (Lipinski definition) is 1. The summed E-state index contributed by atoms with van der Waals surface area (Å²) in [6.07, 6.45) is 2.64. The number of rotatable bonds is 4. The minimum absolute atomic E-state index is 0.127. The van der Waals surface area contributed by atoms with Gasteiger partial charge >= 0.3 is 0 Å². The number of tetrazole rings is 1. The Balaban J connectivity index is 1.42. The van der Waals surface area contributed by atoms with E-state index in [-0.39, 0.29) is 18.4 Å². The molecule has 1 aliphatic rings. The largest absolute Gasteiger partial charge is 0.346 e. The molecule has 134 valence electrons. The Hall–Kier alpha value is -3.10. The molecule has 0 unspecified atom stereocenters. The molecule has 1 aliphatic heterocycles. The lowest BCUT2D eigenvalue weighted by Gasteiger charge is -2.12. The highest BCUT2D eigenvalue weighted by Crippen LogP contribution is 2.24. The van der Waals surface area contributed by atoms with Crippen LogP contribution < -0.4 is 5.32 Å². The van der Waals surface area contributed by atoms with E-state index in [0.717, 1.165) is 36.9 Å². The maximum Gasteiger partial charge on any atom is 0.246 e. The van der Waals surface area contributed by atoms with Gasteiger partial charge in [-0.3, -0.25) is 4.79 Å². The summed E-state index contributed by atoms with van der Waals surface area (Å²) in [7, 11) is 0. The Kier molecular flexibility index (Phi) is 4.42. The highest BCUT2D eigenvalue weighted by Gasteiger charge is 2.28. The topological polar surface area (TPSA) is 112 Å². The first-order valence-corrected chi connectivity index (χ1v) is 8.64. The van der Waals surface area contributed by atoms with Crippen molar-refractivity contribution >= 4 is 5.91 Å². The van der Waals surface area contributed by atoms with Crippen molar-refractivity contribution in [2.75, 3.05) is 0 Å². The Morgan fingerprint density at radius 1 is 1.31 bits per heavy atom. The second kappa shape index (κ2) is 7.03. The van der Waals surface area contributed by atoms with Crippen LogP contribution >= 0.6 is 0 Å². The zero-order chi connectivity index (χ0) is 17.9. The van der Waals surface area contributed by atoms with E-state index in [1.165, 1.54) is 0 Å². The summed E-state index contributed by atoms with van der Waals surface area (Å²) in [5.41, 5.74) is 2.04. The van der Waals surface area contributed by atoms with Crippen molar-refractivity contribution in [1.82, 2.24) is 35.7 Å².